The number of carbonyl (C=O) groups excluding carboxylic acids is 1. The minimum absolute atomic E-state index is 0.121. The summed E-state index contributed by atoms with van der Waals surface area (Å²) in [4.78, 5) is 18.8. The maximum Gasteiger partial charge on any atom is 0.320 e. The summed E-state index contributed by atoms with van der Waals surface area (Å²) in [5.41, 5.74) is 1.40. The zero-order valence-corrected chi connectivity index (χ0v) is 22.3. The van der Waals surface area contributed by atoms with Crippen molar-refractivity contribution < 1.29 is 22.0 Å². The van der Waals surface area contributed by atoms with Gasteiger partial charge in [0.25, 0.3) is 0 Å². The molecule has 2 aliphatic heterocycles. The number of hydrogen-bond donors (Lipinski definition) is 0. The summed E-state index contributed by atoms with van der Waals surface area (Å²) in [6.45, 7) is 2.21. The fraction of sp³-hybridized carbons (Fsp3) is 0.458. The number of likely N-dealkylation sites (N-methyl/N-ethyl adjacent to an activating group) is 1. The molecule has 2 aliphatic rings. The molecule has 4 rings (SSSR count). The third kappa shape index (κ3) is 6.11. The third-order valence-corrected chi connectivity index (χ3v) is 8.87. The maximum atomic E-state index is 13.8. The number of benzene rings is 2. The fourth-order valence-corrected chi connectivity index (χ4v) is 6.11. The number of piperazine rings is 1. The van der Waals surface area contributed by atoms with Crippen molar-refractivity contribution in [2.75, 3.05) is 52.6 Å². The van der Waals surface area contributed by atoms with Crippen molar-refractivity contribution in [3.05, 3.63) is 69.2 Å². The Morgan fingerprint density at radius 1 is 0.972 bits per heavy atom. The zero-order valence-electron chi connectivity index (χ0n) is 20.0. The van der Waals surface area contributed by atoms with Crippen molar-refractivity contribution in [3.8, 4) is 0 Å². The van der Waals surface area contributed by atoms with Crippen molar-refractivity contribution in [1.82, 2.24) is 19.0 Å². The molecule has 0 aliphatic carbocycles. The van der Waals surface area contributed by atoms with Crippen molar-refractivity contribution in [1.29, 1.82) is 0 Å². The molecule has 2 saturated heterocycles. The molecule has 2 aromatic carbocycles. The highest BCUT2D eigenvalue weighted by atomic mass is 35.5. The van der Waals surface area contributed by atoms with Crippen LogP contribution in [0.3, 0.4) is 0 Å². The average Bonchev–Trinajstić information content (AvgIpc) is 3.25. The molecule has 0 aromatic heterocycles. The van der Waals surface area contributed by atoms with Crippen LogP contribution in [0.4, 0.5) is 13.6 Å². The summed E-state index contributed by atoms with van der Waals surface area (Å²) in [6, 6.07) is 8.49. The molecule has 0 unspecified atom stereocenters. The summed E-state index contributed by atoms with van der Waals surface area (Å²) >= 11 is 12.4. The van der Waals surface area contributed by atoms with Gasteiger partial charge in [-0.2, -0.15) is 4.31 Å². The number of carbonyl (C=O) groups is 1. The topological polar surface area (TPSA) is 64.2 Å². The van der Waals surface area contributed by atoms with E-state index < -0.39 is 21.7 Å². The molecule has 0 saturated carbocycles. The highest BCUT2D eigenvalue weighted by molar-refractivity contribution is 7.88. The predicted octanol–water partition coefficient (Wildman–Crippen LogP) is 3.87. The number of urea groups is 1. The van der Waals surface area contributed by atoms with Crippen molar-refractivity contribution >= 4 is 39.3 Å². The first kappa shape index (κ1) is 27.1. The van der Waals surface area contributed by atoms with Gasteiger partial charge in [0.1, 0.15) is 11.6 Å². The zero-order chi connectivity index (χ0) is 26.2. The molecule has 196 valence electrons. The molecule has 2 fully saturated rings. The third-order valence-electron chi connectivity index (χ3n) is 6.83. The monoisotopic (exact) mass is 560 g/mol. The fourth-order valence-electron chi connectivity index (χ4n) is 4.98. The Labute approximate surface area is 220 Å². The summed E-state index contributed by atoms with van der Waals surface area (Å²) in [7, 11) is -1.45. The highest BCUT2D eigenvalue weighted by Crippen LogP contribution is 2.35. The second-order valence-corrected chi connectivity index (χ2v) is 12.2. The minimum atomic E-state index is -3.30. The van der Waals surface area contributed by atoms with Gasteiger partial charge in [0.15, 0.2) is 0 Å². The molecule has 7 nitrogen and oxygen atoms in total. The standard InChI is InChI=1S/C24H28Cl2F2N4O3S/c1-29(13-16-9-18(27)12-19(28)10-16)23-15-31(14-20(23)17-3-4-21(25)22(26)11-17)24(33)30-5-7-32(8-6-30)36(2,34)35/h3-4,9-12,20,23H,5-8,13-15H2,1-2H3/t20-,23+/m1/s1. The van der Waals surface area contributed by atoms with Crippen LogP contribution < -0.4 is 0 Å². The number of hydrogen-bond acceptors (Lipinski definition) is 4. The van der Waals surface area contributed by atoms with Crippen LogP contribution in [-0.4, -0.2) is 92.1 Å². The highest BCUT2D eigenvalue weighted by Gasteiger charge is 2.40. The van der Waals surface area contributed by atoms with Crippen LogP contribution in [-0.2, 0) is 16.6 Å². The van der Waals surface area contributed by atoms with E-state index in [0.29, 0.717) is 41.8 Å². The average molecular weight is 561 g/mol. The van der Waals surface area contributed by atoms with Crippen LogP contribution >= 0.6 is 23.2 Å². The summed E-state index contributed by atoms with van der Waals surface area (Å²) in [6.07, 6.45) is 1.16. The van der Waals surface area contributed by atoms with Crippen LogP contribution in [0.15, 0.2) is 36.4 Å². The Kier molecular flexibility index (Phi) is 8.11. The van der Waals surface area contributed by atoms with E-state index in [2.05, 4.69) is 0 Å². The van der Waals surface area contributed by atoms with E-state index in [9.17, 15) is 22.0 Å². The molecule has 2 heterocycles. The minimum Gasteiger partial charge on any atom is -0.322 e. The van der Waals surface area contributed by atoms with Crippen LogP contribution in [0.2, 0.25) is 10.0 Å². The van der Waals surface area contributed by atoms with Gasteiger partial charge in [0, 0.05) is 63.8 Å². The van der Waals surface area contributed by atoms with Gasteiger partial charge in [-0.25, -0.2) is 22.0 Å². The lowest BCUT2D eigenvalue weighted by Gasteiger charge is -2.35. The summed E-state index contributed by atoms with van der Waals surface area (Å²) < 4.78 is 52.5. The normalized spacial score (nSPS) is 21.4. The van der Waals surface area contributed by atoms with Crippen molar-refractivity contribution in [3.63, 3.8) is 0 Å². The number of rotatable bonds is 5. The number of amides is 2. The van der Waals surface area contributed by atoms with E-state index in [4.69, 9.17) is 23.2 Å². The Balaban J connectivity index is 1.54. The first-order chi connectivity index (χ1) is 16.9. The molecule has 36 heavy (non-hydrogen) atoms. The first-order valence-electron chi connectivity index (χ1n) is 11.5. The van der Waals surface area contributed by atoms with Gasteiger partial charge in [0.2, 0.25) is 10.0 Å². The van der Waals surface area contributed by atoms with Gasteiger partial charge in [-0.15, -0.1) is 0 Å². The molecular formula is C24H28Cl2F2N4O3S. The van der Waals surface area contributed by atoms with Crippen LogP contribution in [0, 0.1) is 11.6 Å². The Morgan fingerprint density at radius 3 is 2.19 bits per heavy atom. The van der Waals surface area contributed by atoms with Crippen molar-refractivity contribution in [2.45, 2.75) is 18.5 Å². The molecule has 12 heteroatoms. The summed E-state index contributed by atoms with van der Waals surface area (Å²) in [5.74, 6) is -1.41. The SMILES string of the molecule is CN(Cc1cc(F)cc(F)c1)[C@H]1CN(C(=O)N2CCN(S(C)(=O)=O)CC2)C[C@@H]1c1ccc(Cl)c(Cl)c1. The maximum absolute atomic E-state index is 13.8. The number of likely N-dealkylation sites (tertiary alicyclic amines) is 1. The first-order valence-corrected chi connectivity index (χ1v) is 14.1. The Morgan fingerprint density at radius 2 is 1.61 bits per heavy atom. The van der Waals surface area contributed by atoms with Gasteiger partial charge < -0.3 is 9.80 Å². The lowest BCUT2D eigenvalue weighted by Crippen LogP contribution is -2.53. The van der Waals surface area contributed by atoms with E-state index in [1.807, 2.05) is 18.0 Å². The molecule has 2 amide bonds. The lowest BCUT2D eigenvalue weighted by atomic mass is 9.93. The predicted molar refractivity (Wildman–Crippen MR) is 136 cm³/mol. The Hall–Kier alpha value is -1.98. The van der Waals surface area contributed by atoms with E-state index >= 15 is 0 Å². The lowest BCUT2D eigenvalue weighted by molar-refractivity contribution is 0.138. The van der Waals surface area contributed by atoms with Gasteiger partial charge in [-0.1, -0.05) is 29.3 Å². The van der Waals surface area contributed by atoms with E-state index in [-0.39, 0.29) is 37.6 Å². The summed E-state index contributed by atoms with van der Waals surface area (Å²) in [5, 5.41) is 0.833. The number of sulfonamides is 1. The van der Waals surface area contributed by atoms with Crippen molar-refractivity contribution in [2.24, 2.45) is 0 Å². The van der Waals surface area contributed by atoms with Crippen LogP contribution in [0.5, 0.6) is 0 Å². The largest absolute Gasteiger partial charge is 0.322 e. The Bertz CT molecular complexity index is 1220. The molecule has 0 N–H and O–H groups in total. The molecular weight excluding hydrogens is 533 g/mol. The van der Waals surface area contributed by atoms with Gasteiger partial charge in [-0.3, -0.25) is 4.90 Å². The van der Waals surface area contributed by atoms with Crippen LogP contribution in [0.1, 0.15) is 17.0 Å². The molecule has 0 radical (unpaired) electrons. The number of nitrogens with zero attached hydrogens (tertiary/aromatic N) is 4. The molecule has 2 atom stereocenters. The quantitative estimate of drug-likeness (QED) is 0.557. The second kappa shape index (κ2) is 10.8. The van der Waals surface area contributed by atoms with Crippen LogP contribution in [0.25, 0.3) is 0 Å². The van der Waals surface area contributed by atoms with Gasteiger partial charge in [0.05, 0.1) is 16.3 Å². The smallest absolute Gasteiger partial charge is 0.320 e. The van der Waals surface area contributed by atoms with E-state index in [1.165, 1.54) is 16.4 Å². The number of halogens is 4. The molecule has 2 aromatic rings. The second-order valence-electron chi connectivity index (χ2n) is 9.38. The molecule has 0 bridgehead atoms. The van der Waals surface area contributed by atoms with Gasteiger partial charge >= 0.3 is 6.03 Å². The van der Waals surface area contributed by atoms with Gasteiger partial charge in [-0.05, 0) is 42.4 Å². The molecule has 0 spiro atoms. The van der Waals surface area contributed by atoms with E-state index in [0.717, 1.165) is 17.9 Å². The van der Waals surface area contributed by atoms with E-state index in [1.54, 1.807) is 21.9 Å².